The van der Waals surface area contributed by atoms with Crippen LogP contribution in [0.15, 0.2) is 53.4 Å². The van der Waals surface area contributed by atoms with Gasteiger partial charge in [0.15, 0.2) is 0 Å². The van der Waals surface area contributed by atoms with Gasteiger partial charge in [-0.2, -0.15) is 8.78 Å². The third-order valence-electron chi connectivity index (χ3n) is 3.26. The third kappa shape index (κ3) is 5.01. The van der Waals surface area contributed by atoms with E-state index in [1.54, 1.807) is 24.3 Å². The maximum absolute atomic E-state index is 12.2. The molecule has 0 unspecified atom stereocenters. The van der Waals surface area contributed by atoms with Crippen molar-refractivity contribution >= 4 is 10.0 Å². The summed E-state index contributed by atoms with van der Waals surface area (Å²) in [5, 5.41) is 0. The van der Waals surface area contributed by atoms with Crippen molar-refractivity contribution in [2.75, 3.05) is 0 Å². The van der Waals surface area contributed by atoms with Gasteiger partial charge in [0.05, 0.1) is 4.90 Å². The standard InChI is InChI=1S/C16H17F2NO3S/c1-2-12-5-9-15(10-6-12)23(20,21)19-11-13-3-7-14(8-4-13)22-16(17)18/h3-10,16,19H,2,11H2,1H3. The van der Waals surface area contributed by atoms with Gasteiger partial charge in [0, 0.05) is 6.54 Å². The van der Waals surface area contributed by atoms with Gasteiger partial charge in [-0.25, -0.2) is 13.1 Å². The molecule has 7 heteroatoms. The molecule has 0 saturated carbocycles. The number of rotatable bonds is 7. The third-order valence-corrected chi connectivity index (χ3v) is 4.67. The molecule has 0 bridgehead atoms. The molecule has 0 aliphatic rings. The van der Waals surface area contributed by atoms with E-state index >= 15 is 0 Å². The Kier molecular flexibility index (Phi) is 5.68. The molecule has 0 atom stereocenters. The van der Waals surface area contributed by atoms with Gasteiger partial charge in [-0.15, -0.1) is 0 Å². The molecule has 1 N–H and O–H groups in total. The van der Waals surface area contributed by atoms with E-state index in [1.165, 1.54) is 24.3 Å². The lowest BCUT2D eigenvalue weighted by atomic mass is 10.2. The molecule has 0 heterocycles. The maximum Gasteiger partial charge on any atom is 0.387 e. The van der Waals surface area contributed by atoms with Crippen LogP contribution in [0.2, 0.25) is 0 Å². The number of aryl methyl sites for hydroxylation is 1. The quantitative estimate of drug-likeness (QED) is 0.840. The molecular weight excluding hydrogens is 324 g/mol. The number of nitrogens with one attached hydrogen (secondary N) is 1. The lowest BCUT2D eigenvalue weighted by Crippen LogP contribution is -2.23. The van der Waals surface area contributed by atoms with E-state index in [0.717, 1.165) is 12.0 Å². The van der Waals surface area contributed by atoms with Crippen LogP contribution in [-0.2, 0) is 23.0 Å². The summed E-state index contributed by atoms with van der Waals surface area (Å²) in [6.07, 6.45) is 0.834. The second-order valence-corrected chi connectivity index (χ2v) is 6.61. The van der Waals surface area contributed by atoms with Crippen molar-refractivity contribution in [2.45, 2.75) is 31.4 Å². The number of sulfonamides is 1. The maximum atomic E-state index is 12.2. The summed E-state index contributed by atoms with van der Waals surface area (Å²) in [5.41, 5.74) is 1.69. The van der Waals surface area contributed by atoms with Gasteiger partial charge in [0.1, 0.15) is 5.75 Å². The van der Waals surface area contributed by atoms with Crippen molar-refractivity contribution in [1.82, 2.24) is 4.72 Å². The Bertz CT molecular complexity index is 729. The average Bonchev–Trinajstić information content (AvgIpc) is 2.54. The summed E-state index contributed by atoms with van der Waals surface area (Å²) in [6.45, 7) is -0.832. The molecular formula is C16H17F2NO3S. The van der Waals surface area contributed by atoms with Gasteiger partial charge >= 0.3 is 6.61 Å². The highest BCUT2D eigenvalue weighted by molar-refractivity contribution is 7.89. The van der Waals surface area contributed by atoms with Crippen molar-refractivity contribution in [3.63, 3.8) is 0 Å². The first kappa shape index (κ1) is 17.4. The van der Waals surface area contributed by atoms with Gasteiger partial charge in [-0.05, 0) is 41.8 Å². The fourth-order valence-electron chi connectivity index (χ4n) is 1.95. The Hall–Kier alpha value is -1.99. The largest absolute Gasteiger partial charge is 0.435 e. The number of alkyl halides is 2. The fourth-order valence-corrected chi connectivity index (χ4v) is 2.97. The zero-order chi connectivity index (χ0) is 16.9. The highest BCUT2D eigenvalue weighted by atomic mass is 32.2. The fraction of sp³-hybridized carbons (Fsp3) is 0.250. The van der Waals surface area contributed by atoms with Crippen LogP contribution >= 0.6 is 0 Å². The van der Waals surface area contributed by atoms with Crippen LogP contribution in [-0.4, -0.2) is 15.0 Å². The van der Waals surface area contributed by atoms with E-state index in [2.05, 4.69) is 9.46 Å². The molecule has 0 aliphatic heterocycles. The van der Waals surface area contributed by atoms with Crippen molar-refractivity contribution in [1.29, 1.82) is 0 Å². The average molecular weight is 341 g/mol. The number of hydrogen-bond donors (Lipinski definition) is 1. The van der Waals surface area contributed by atoms with Crippen LogP contribution in [0.25, 0.3) is 0 Å². The highest BCUT2D eigenvalue weighted by Gasteiger charge is 2.13. The highest BCUT2D eigenvalue weighted by Crippen LogP contribution is 2.16. The van der Waals surface area contributed by atoms with E-state index in [0.29, 0.717) is 5.56 Å². The Labute approximate surface area is 134 Å². The predicted octanol–water partition coefficient (Wildman–Crippen LogP) is 3.33. The molecule has 0 amide bonds. The van der Waals surface area contributed by atoms with E-state index in [4.69, 9.17) is 0 Å². The van der Waals surface area contributed by atoms with E-state index in [9.17, 15) is 17.2 Å². The molecule has 0 fully saturated rings. The Morgan fingerprint density at radius 3 is 2.09 bits per heavy atom. The first-order valence-electron chi connectivity index (χ1n) is 7.03. The number of benzene rings is 2. The summed E-state index contributed by atoms with van der Waals surface area (Å²) in [4.78, 5) is 0.187. The number of ether oxygens (including phenoxy) is 1. The Morgan fingerprint density at radius 2 is 1.57 bits per heavy atom. The molecule has 23 heavy (non-hydrogen) atoms. The Balaban J connectivity index is 2.00. The van der Waals surface area contributed by atoms with Gasteiger partial charge < -0.3 is 4.74 Å². The summed E-state index contributed by atoms with van der Waals surface area (Å²) in [7, 11) is -3.61. The smallest absolute Gasteiger partial charge is 0.387 e. The minimum absolute atomic E-state index is 0.0294. The molecule has 2 aromatic rings. The lowest BCUT2D eigenvalue weighted by Gasteiger charge is -2.09. The van der Waals surface area contributed by atoms with Crippen LogP contribution in [0.5, 0.6) is 5.75 Å². The van der Waals surface area contributed by atoms with Crippen molar-refractivity contribution in [3.8, 4) is 5.75 Å². The van der Waals surface area contributed by atoms with Crippen LogP contribution in [0, 0.1) is 0 Å². The summed E-state index contributed by atoms with van der Waals surface area (Å²) < 4.78 is 55.2. The lowest BCUT2D eigenvalue weighted by molar-refractivity contribution is -0.0498. The van der Waals surface area contributed by atoms with E-state index < -0.39 is 16.6 Å². The zero-order valence-corrected chi connectivity index (χ0v) is 13.3. The molecule has 0 radical (unpaired) electrons. The molecule has 124 valence electrons. The molecule has 0 aliphatic carbocycles. The second-order valence-electron chi connectivity index (χ2n) is 4.84. The van der Waals surface area contributed by atoms with Crippen molar-refractivity contribution in [2.24, 2.45) is 0 Å². The number of halogens is 2. The molecule has 2 rings (SSSR count). The molecule has 0 spiro atoms. The van der Waals surface area contributed by atoms with Crippen molar-refractivity contribution in [3.05, 3.63) is 59.7 Å². The normalized spacial score (nSPS) is 11.7. The van der Waals surface area contributed by atoms with Gasteiger partial charge in [0.2, 0.25) is 10.0 Å². The second kappa shape index (κ2) is 7.52. The zero-order valence-electron chi connectivity index (χ0n) is 12.5. The first-order valence-corrected chi connectivity index (χ1v) is 8.51. The minimum Gasteiger partial charge on any atom is -0.435 e. The van der Waals surface area contributed by atoms with Gasteiger partial charge in [-0.3, -0.25) is 0 Å². The van der Waals surface area contributed by atoms with Crippen LogP contribution in [0.1, 0.15) is 18.1 Å². The van der Waals surface area contributed by atoms with Crippen LogP contribution in [0.4, 0.5) is 8.78 Å². The number of hydrogen-bond acceptors (Lipinski definition) is 3. The van der Waals surface area contributed by atoms with Crippen LogP contribution < -0.4 is 9.46 Å². The molecule has 0 aromatic heterocycles. The molecule has 0 saturated heterocycles. The van der Waals surface area contributed by atoms with E-state index in [1.807, 2.05) is 6.92 Å². The topological polar surface area (TPSA) is 55.4 Å². The van der Waals surface area contributed by atoms with Crippen molar-refractivity contribution < 1.29 is 21.9 Å². The monoisotopic (exact) mass is 341 g/mol. The van der Waals surface area contributed by atoms with Crippen LogP contribution in [0.3, 0.4) is 0 Å². The predicted molar refractivity (Wildman–Crippen MR) is 82.9 cm³/mol. The first-order chi connectivity index (χ1) is 10.9. The van der Waals surface area contributed by atoms with Gasteiger partial charge in [-0.1, -0.05) is 31.2 Å². The summed E-state index contributed by atoms with van der Waals surface area (Å²) in [5.74, 6) is 0.0294. The summed E-state index contributed by atoms with van der Waals surface area (Å²) in [6, 6.07) is 12.4. The SMILES string of the molecule is CCc1ccc(S(=O)(=O)NCc2ccc(OC(F)F)cc2)cc1. The van der Waals surface area contributed by atoms with Gasteiger partial charge in [0.25, 0.3) is 0 Å². The summed E-state index contributed by atoms with van der Waals surface area (Å²) >= 11 is 0. The van der Waals surface area contributed by atoms with E-state index in [-0.39, 0.29) is 17.2 Å². The molecule has 2 aromatic carbocycles. The Morgan fingerprint density at radius 1 is 1.00 bits per heavy atom. The molecule has 4 nitrogen and oxygen atoms in total. The minimum atomic E-state index is -3.61.